The summed E-state index contributed by atoms with van der Waals surface area (Å²) in [4.78, 5) is 32.2. The van der Waals surface area contributed by atoms with Crippen molar-refractivity contribution >= 4 is 39.0 Å². The maximum absolute atomic E-state index is 14.5. The number of aliphatic hydroxyl groups is 1. The summed E-state index contributed by atoms with van der Waals surface area (Å²) in [6.45, 7) is 6.02. The molecule has 2 N–H and O–H groups in total. The monoisotopic (exact) mass is 602 g/mol. The third-order valence-electron chi connectivity index (χ3n) is 8.01. The number of aliphatic hydroxyl groups excluding tert-OH is 1. The molecule has 0 spiro atoms. The zero-order valence-corrected chi connectivity index (χ0v) is 25.2. The van der Waals surface area contributed by atoms with Crippen molar-refractivity contribution in [3.05, 3.63) is 76.7 Å². The Kier molecular flexibility index (Phi) is 8.38. The van der Waals surface area contributed by atoms with Gasteiger partial charge in [-0.05, 0) is 81.1 Å². The number of pyridine rings is 1. The van der Waals surface area contributed by atoms with Gasteiger partial charge in [0.15, 0.2) is 0 Å². The van der Waals surface area contributed by atoms with E-state index < -0.39 is 12.3 Å². The largest absolute Gasteiger partial charge is 0.455 e. The number of amides is 1. The van der Waals surface area contributed by atoms with Crippen LogP contribution in [0.1, 0.15) is 34.5 Å². The van der Waals surface area contributed by atoms with Gasteiger partial charge in [0, 0.05) is 42.0 Å². The van der Waals surface area contributed by atoms with E-state index in [0.717, 1.165) is 50.2 Å². The molecular formula is C32H35FN6O3S. The summed E-state index contributed by atoms with van der Waals surface area (Å²) in [7, 11) is 0. The number of rotatable bonds is 8. The van der Waals surface area contributed by atoms with Gasteiger partial charge in [0.2, 0.25) is 5.91 Å². The zero-order chi connectivity index (χ0) is 30.0. The second-order valence-corrected chi connectivity index (χ2v) is 12.4. The van der Waals surface area contributed by atoms with Gasteiger partial charge in [-0.1, -0.05) is 6.08 Å². The SMILES string of the molecule is Cc1ccc(Oc2ccc(Nc3ncnc4sc5c(c34)CCN(C(=O)/C=C/CN3CCCC(F)(CO)C3)C5)cc2C)cn1. The van der Waals surface area contributed by atoms with Gasteiger partial charge in [0.1, 0.15) is 34.1 Å². The second-order valence-electron chi connectivity index (χ2n) is 11.3. The molecule has 0 bridgehead atoms. The fraction of sp³-hybridized carbons (Fsp3) is 0.375. The molecule has 2 aliphatic rings. The first-order valence-electron chi connectivity index (χ1n) is 14.5. The predicted octanol–water partition coefficient (Wildman–Crippen LogP) is 5.48. The number of nitrogens with zero attached hydrogens (tertiary/aromatic N) is 5. The number of alkyl halides is 1. The molecule has 43 heavy (non-hydrogen) atoms. The quantitative estimate of drug-likeness (QED) is 0.256. The van der Waals surface area contributed by atoms with Crippen LogP contribution in [0.4, 0.5) is 15.9 Å². The molecule has 5 heterocycles. The van der Waals surface area contributed by atoms with Gasteiger partial charge in [0.25, 0.3) is 0 Å². The van der Waals surface area contributed by atoms with Crippen molar-refractivity contribution < 1.29 is 19.0 Å². The van der Waals surface area contributed by atoms with E-state index in [1.807, 2.05) is 54.0 Å². The average molecular weight is 603 g/mol. The van der Waals surface area contributed by atoms with Crippen LogP contribution in [-0.4, -0.2) is 74.2 Å². The second kappa shape index (κ2) is 12.4. The lowest BCUT2D eigenvalue weighted by molar-refractivity contribution is -0.126. The smallest absolute Gasteiger partial charge is 0.246 e. The van der Waals surface area contributed by atoms with Gasteiger partial charge in [-0.15, -0.1) is 11.3 Å². The Labute approximate surface area is 254 Å². The van der Waals surface area contributed by atoms with Gasteiger partial charge in [-0.25, -0.2) is 14.4 Å². The van der Waals surface area contributed by atoms with Gasteiger partial charge in [-0.2, -0.15) is 0 Å². The molecule has 1 amide bonds. The number of likely N-dealkylation sites (tertiary alicyclic amines) is 1. The van der Waals surface area contributed by atoms with E-state index in [-0.39, 0.29) is 12.5 Å². The standard InChI is InChI=1S/C32H35FN6O3S/c1-21-15-23(7-9-26(21)42-24-8-6-22(2)34-16-24)37-30-29-25-10-14-39(17-27(25)43-31(29)36-20-35-30)28(41)5-3-12-38-13-4-11-32(33,18-38)19-40/h3,5-9,15-16,20,40H,4,10-14,17-19H2,1-2H3,(H,35,36,37)/b5-3+. The van der Waals surface area contributed by atoms with Gasteiger partial charge < -0.3 is 20.1 Å². The number of carbonyl (C=O) groups is 1. The van der Waals surface area contributed by atoms with Gasteiger partial charge in [0.05, 0.1) is 24.7 Å². The van der Waals surface area contributed by atoms with Crippen LogP contribution >= 0.6 is 11.3 Å². The lowest BCUT2D eigenvalue weighted by atomic mass is 9.96. The molecule has 6 rings (SSSR count). The summed E-state index contributed by atoms with van der Waals surface area (Å²) in [6.07, 6.45) is 8.46. The van der Waals surface area contributed by atoms with Crippen molar-refractivity contribution in [1.82, 2.24) is 24.8 Å². The lowest BCUT2D eigenvalue weighted by Crippen LogP contribution is -2.47. The first kappa shape index (κ1) is 29.2. The number of aromatic nitrogens is 3. The minimum absolute atomic E-state index is 0.0579. The first-order chi connectivity index (χ1) is 20.8. The van der Waals surface area contributed by atoms with Crippen molar-refractivity contribution in [1.29, 1.82) is 0 Å². The number of hydrogen-bond acceptors (Lipinski definition) is 9. The summed E-state index contributed by atoms with van der Waals surface area (Å²) in [5.74, 6) is 2.13. The molecule has 0 saturated carbocycles. The fourth-order valence-electron chi connectivity index (χ4n) is 5.70. The third-order valence-corrected chi connectivity index (χ3v) is 9.14. The number of halogens is 1. The van der Waals surface area contributed by atoms with Crippen LogP contribution in [0.2, 0.25) is 0 Å². The summed E-state index contributed by atoms with van der Waals surface area (Å²) < 4.78 is 20.5. The number of fused-ring (bicyclic) bond motifs is 3. The number of hydrogen-bond donors (Lipinski definition) is 2. The zero-order valence-electron chi connectivity index (χ0n) is 24.3. The molecule has 1 atom stereocenters. The molecule has 3 aromatic heterocycles. The van der Waals surface area contributed by atoms with Crippen LogP contribution < -0.4 is 10.1 Å². The van der Waals surface area contributed by atoms with Crippen LogP contribution in [-0.2, 0) is 17.8 Å². The number of carbonyl (C=O) groups excluding carboxylic acids is 1. The van der Waals surface area contributed by atoms with Crippen molar-refractivity contribution in [2.24, 2.45) is 0 Å². The molecule has 1 unspecified atom stereocenters. The Morgan fingerprint density at radius 1 is 1.21 bits per heavy atom. The molecule has 9 nitrogen and oxygen atoms in total. The van der Waals surface area contributed by atoms with E-state index in [9.17, 15) is 14.3 Å². The topological polar surface area (TPSA) is 104 Å². The predicted molar refractivity (Wildman–Crippen MR) is 166 cm³/mol. The normalized spacial score (nSPS) is 19.1. The van der Waals surface area contributed by atoms with Crippen molar-refractivity contribution in [3.63, 3.8) is 0 Å². The Balaban J connectivity index is 1.12. The Hall–Kier alpha value is -3.93. The minimum atomic E-state index is -1.55. The lowest BCUT2D eigenvalue weighted by Gasteiger charge is -2.35. The number of nitrogens with one attached hydrogen (secondary N) is 1. The fourth-order valence-corrected chi connectivity index (χ4v) is 6.90. The molecule has 1 fully saturated rings. The summed E-state index contributed by atoms with van der Waals surface area (Å²) in [6, 6.07) is 9.74. The highest BCUT2D eigenvalue weighted by atomic mass is 32.1. The van der Waals surface area contributed by atoms with Crippen molar-refractivity contribution in [2.75, 3.05) is 38.1 Å². The highest BCUT2D eigenvalue weighted by Crippen LogP contribution is 2.38. The van der Waals surface area contributed by atoms with Gasteiger partial charge >= 0.3 is 0 Å². The Morgan fingerprint density at radius 3 is 2.88 bits per heavy atom. The maximum Gasteiger partial charge on any atom is 0.246 e. The number of anilines is 2. The van der Waals surface area contributed by atoms with Crippen LogP contribution in [0.3, 0.4) is 0 Å². The number of piperidine rings is 1. The number of ether oxygens (including phenoxy) is 1. The first-order valence-corrected chi connectivity index (χ1v) is 15.3. The summed E-state index contributed by atoms with van der Waals surface area (Å²) in [5, 5.41) is 13.8. The molecule has 1 saturated heterocycles. The maximum atomic E-state index is 14.5. The van der Waals surface area contributed by atoms with Crippen LogP contribution in [0, 0.1) is 13.8 Å². The highest BCUT2D eigenvalue weighted by molar-refractivity contribution is 7.19. The molecule has 224 valence electrons. The molecule has 0 aliphatic carbocycles. The van der Waals surface area contributed by atoms with E-state index in [4.69, 9.17) is 4.74 Å². The average Bonchev–Trinajstić information content (AvgIpc) is 3.38. The van der Waals surface area contributed by atoms with Gasteiger partial charge in [-0.3, -0.25) is 14.7 Å². The van der Waals surface area contributed by atoms with Crippen LogP contribution in [0.15, 0.2) is 55.0 Å². The van der Waals surface area contributed by atoms with E-state index in [2.05, 4.69) is 20.3 Å². The van der Waals surface area contributed by atoms with E-state index in [0.29, 0.717) is 44.6 Å². The van der Waals surface area contributed by atoms with E-state index >= 15 is 0 Å². The molecule has 2 aliphatic heterocycles. The van der Waals surface area contributed by atoms with Crippen LogP contribution in [0.25, 0.3) is 10.2 Å². The minimum Gasteiger partial charge on any atom is -0.455 e. The van der Waals surface area contributed by atoms with Crippen LogP contribution in [0.5, 0.6) is 11.5 Å². The number of benzene rings is 1. The molecule has 11 heteroatoms. The molecule has 1 aromatic carbocycles. The molecular weight excluding hydrogens is 567 g/mol. The number of thiophene rings is 1. The van der Waals surface area contributed by atoms with Crippen molar-refractivity contribution in [2.45, 2.75) is 45.3 Å². The van der Waals surface area contributed by atoms with E-state index in [1.54, 1.807) is 36.0 Å². The molecule has 0 radical (unpaired) electrons. The summed E-state index contributed by atoms with van der Waals surface area (Å²) >= 11 is 1.59. The summed E-state index contributed by atoms with van der Waals surface area (Å²) in [5.41, 5.74) is 2.43. The third kappa shape index (κ3) is 6.53. The Morgan fingerprint density at radius 2 is 2.09 bits per heavy atom. The molecule has 4 aromatic rings. The van der Waals surface area contributed by atoms with Crippen molar-refractivity contribution in [3.8, 4) is 11.5 Å². The van der Waals surface area contributed by atoms with E-state index in [1.165, 1.54) is 5.56 Å². The highest BCUT2D eigenvalue weighted by Gasteiger charge is 2.34. The Bertz CT molecular complexity index is 1660. The number of aryl methyl sites for hydroxylation is 2.